The third-order valence-electron chi connectivity index (χ3n) is 3.03. The number of hydrogen-bond acceptors (Lipinski definition) is 3. The van der Waals surface area contributed by atoms with Crippen molar-refractivity contribution in [2.45, 2.75) is 6.92 Å². The topological polar surface area (TPSA) is 38.3 Å². The van der Waals surface area contributed by atoms with Crippen molar-refractivity contribution in [3.8, 4) is 0 Å². The van der Waals surface area contributed by atoms with Gasteiger partial charge < -0.3 is 10.1 Å². The molecule has 1 aliphatic rings. The summed E-state index contributed by atoms with van der Waals surface area (Å²) in [6.07, 6.45) is 0. The van der Waals surface area contributed by atoms with E-state index in [0.29, 0.717) is 17.2 Å². The summed E-state index contributed by atoms with van der Waals surface area (Å²) in [6, 6.07) is 9.44. The standard InChI is InChI=1S/C14H11NO2S/c1-2-17-14(16)9-6-7-11-12-8(9)4-3-5-10(12)13(18)15-11/h3-7H,2H2,1H3,(H,15,18). The molecule has 90 valence electrons. The molecule has 4 heteroatoms. The highest BCUT2D eigenvalue weighted by Crippen LogP contribution is 2.35. The monoisotopic (exact) mass is 257 g/mol. The first-order valence-electron chi connectivity index (χ1n) is 5.76. The van der Waals surface area contributed by atoms with E-state index in [1.165, 1.54) is 0 Å². The van der Waals surface area contributed by atoms with Crippen LogP contribution in [0.5, 0.6) is 0 Å². The fourth-order valence-corrected chi connectivity index (χ4v) is 2.56. The molecule has 1 aliphatic heterocycles. The molecule has 0 atom stereocenters. The van der Waals surface area contributed by atoms with Crippen molar-refractivity contribution in [2.24, 2.45) is 0 Å². The van der Waals surface area contributed by atoms with E-state index in [1.54, 1.807) is 13.0 Å². The fraction of sp³-hybridized carbons (Fsp3) is 0.143. The molecule has 2 aromatic carbocycles. The normalized spacial score (nSPS) is 12.6. The number of ether oxygens (including phenoxy) is 1. The second-order valence-corrected chi connectivity index (χ2v) is 4.47. The number of hydrogen-bond donors (Lipinski definition) is 1. The molecule has 1 N–H and O–H groups in total. The zero-order valence-electron chi connectivity index (χ0n) is 9.82. The van der Waals surface area contributed by atoms with Crippen LogP contribution in [0.4, 0.5) is 5.69 Å². The molecule has 18 heavy (non-hydrogen) atoms. The third-order valence-corrected chi connectivity index (χ3v) is 3.35. The Morgan fingerprint density at radius 3 is 2.94 bits per heavy atom. The van der Waals surface area contributed by atoms with E-state index in [2.05, 4.69) is 5.32 Å². The van der Waals surface area contributed by atoms with E-state index in [-0.39, 0.29) is 5.97 Å². The minimum absolute atomic E-state index is 0.293. The van der Waals surface area contributed by atoms with Gasteiger partial charge in [-0.1, -0.05) is 30.4 Å². The van der Waals surface area contributed by atoms with Gasteiger partial charge in [-0.3, -0.25) is 0 Å². The number of rotatable bonds is 2. The Hall–Kier alpha value is -1.94. The molecule has 3 rings (SSSR count). The highest BCUT2D eigenvalue weighted by atomic mass is 32.1. The Kier molecular flexibility index (Phi) is 2.52. The number of esters is 1. The van der Waals surface area contributed by atoms with Crippen LogP contribution in [0.2, 0.25) is 0 Å². The Bertz CT molecular complexity index is 679. The van der Waals surface area contributed by atoms with Crippen molar-refractivity contribution >= 4 is 39.6 Å². The first kappa shape index (κ1) is 11.2. The number of carbonyl (C=O) groups is 1. The van der Waals surface area contributed by atoms with Gasteiger partial charge >= 0.3 is 5.97 Å². The lowest BCUT2D eigenvalue weighted by molar-refractivity contribution is 0.0529. The summed E-state index contributed by atoms with van der Waals surface area (Å²) in [5, 5.41) is 5.04. The maximum Gasteiger partial charge on any atom is 0.338 e. The number of nitrogens with one attached hydrogen (secondary N) is 1. The summed E-state index contributed by atoms with van der Waals surface area (Å²) in [5.41, 5.74) is 2.52. The van der Waals surface area contributed by atoms with Gasteiger partial charge in [0.15, 0.2) is 0 Å². The van der Waals surface area contributed by atoms with Crippen LogP contribution in [-0.2, 0) is 4.74 Å². The average Bonchev–Trinajstić information content (AvgIpc) is 2.69. The van der Waals surface area contributed by atoms with E-state index in [4.69, 9.17) is 17.0 Å². The predicted octanol–water partition coefficient (Wildman–Crippen LogP) is 3.12. The van der Waals surface area contributed by atoms with Gasteiger partial charge in [-0.05, 0) is 24.4 Å². The number of carbonyl (C=O) groups excluding carboxylic acids is 1. The molecular weight excluding hydrogens is 246 g/mol. The Labute approximate surface area is 110 Å². The molecule has 0 unspecified atom stereocenters. The average molecular weight is 257 g/mol. The number of anilines is 1. The molecule has 0 saturated heterocycles. The molecule has 2 aromatic rings. The van der Waals surface area contributed by atoms with Gasteiger partial charge in [-0.25, -0.2) is 4.79 Å². The molecule has 1 heterocycles. The smallest absolute Gasteiger partial charge is 0.338 e. The van der Waals surface area contributed by atoms with Gasteiger partial charge in [0.05, 0.1) is 12.2 Å². The van der Waals surface area contributed by atoms with Crippen molar-refractivity contribution in [1.29, 1.82) is 0 Å². The fourth-order valence-electron chi connectivity index (χ4n) is 2.28. The number of benzene rings is 2. The molecule has 0 bridgehead atoms. The quantitative estimate of drug-likeness (QED) is 0.662. The Morgan fingerprint density at radius 1 is 1.33 bits per heavy atom. The molecule has 0 saturated carbocycles. The predicted molar refractivity (Wildman–Crippen MR) is 75.2 cm³/mol. The molecule has 0 fully saturated rings. The van der Waals surface area contributed by atoms with Gasteiger partial charge in [0.2, 0.25) is 0 Å². The summed E-state index contributed by atoms with van der Waals surface area (Å²) in [5.74, 6) is -0.293. The highest BCUT2D eigenvalue weighted by molar-refractivity contribution is 7.81. The molecule has 0 amide bonds. The largest absolute Gasteiger partial charge is 0.462 e. The van der Waals surface area contributed by atoms with Crippen molar-refractivity contribution < 1.29 is 9.53 Å². The summed E-state index contributed by atoms with van der Waals surface area (Å²) in [4.78, 5) is 12.6. The van der Waals surface area contributed by atoms with Crippen LogP contribution >= 0.6 is 12.2 Å². The molecule has 0 aliphatic carbocycles. The molecule has 0 spiro atoms. The van der Waals surface area contributed by atoms with Crippen LogP contribution < -0.4 is 5.32 Å². The molecule has 0 radical (unpaired) electrons. The summed E-state index contributed by atoms with van der Waals surface area (Å²) in [7, 11) is 0. The highest BCUT2D eigenvalue weighted by Gasteiger charge is 2.21. The van der Waals surface area contributed by atoms with E-state index >= 15 is 0 Å². The number of thiocarbonyl (C=S) groups is 1. The van der Waals surface area contributed by atoms with Crippen LogP contribution in [0.1, 0.15) is 22.8 Å². The maximum absolute atomic E-state index is 11.9. The minimum Gasteiger partial charge on any atom is -0.462 e. The van der Waals surface area contributed by atoms with Gasteiger partial charge in [-0.2, -0.15) is 0 Å². The van der Waals surface area contributed by atoms with Crippen molar-refractivity contribution in [3.63, 3.8) is 0 Å². The lowest BCUT2D eigenvalue weighted by Crippen LogP contribution is -2.05. The minimum atomic E-state index is -0.293. The summed E-state index contributed by atoms with van der Waals surface area (Å²) in [6.45, 7) is 2.17. The third kappa shape index (κ3) is 1.49. The van der Waals surface area contributed by atoms with Crippen LogP contribution in [-0.4, -0.2) is 17.6 Å². The van der Waals surface area contributed by atoms with Crippen molar-refractivity contribution in [3.05, 3.63) is 41.5 Å². The van der Waals surface area contributed by atoms with Crippen LogP contribution in [0, 0.1) is 0 Å². The van der Waals surface area contributed by atoms with Gasteiger partial charge in [0.1, 0.15) is 4.99 Å². The molecule has 3 nitrogen and oxygen atoms in total. The Balaban J connectivity index is 2.29. The first-order valence-corrected chi connectivity index (χ1v) is 6.17. The zero-order chi connectivity index (χ0) is 12.7. The van der Waals surface area contributed by atoms with E-state index in [0.717, 1.165) is 22.0 Å². The first-order chi connectivity index (χ1) is 8.72. The van der Waals surface area contributed by atoms with E-state index in [9.17, 15) is 4.79 Å². The maximum atomic E-state index is 11.9. The van der Waals surface area contributed by atoms with Crippen LogP contribution in [0.25, 0.3) is 10.8 Å². The van der Waals surface area contributed by atoms with E-state index in [1.807, 2.05) is 24.3 Å². The second-order valence-electron chi connectivity index (χ2n) is 4.06. The van der Waals surface area contributed by atoms with Crippen LogP contribution in [0.15, 0.2) is 30.3 Å². The Morgan fingerprint density at radius 2 is 2.17 bits per heavy atom. The SMILES string of the molecule is CCOC(=O)c1ccc2c3c(cccc13)C(=S)N2. The zero-order valence-corrected chi connectivity index (χ0v) is 10.6. The van der Waals surface area contributed by atoms with Crippen molar-refractivity contribution in [1.82, 2.24) is 0 Å². The van der Waals surface area contributed by atoms with Gasteiger partial charge in [0, 0.05) is 16.6 Å². The summed E-state index contributed by atoms with van der Waals surface area (Å²) < 4.78 is 5.07. The second kappa shape index (κ2) is 4.07. The summed E-state index contributed by atoms with van der Waals surface area (Å²) >= 11 is 5.27. The van der Waals surface area contributed by atoms with Crippen molar-refractivity contribution in [2.75, 3.05) is 11.9 Å². The van der Waals surface area contributed by atoms with Gasteiger partial charge in [-0.15, -0.1) is 0 Å². The lowest BCUT2D eigenvalue weighted by atomic mass is 10.0. The van der Waals surface area contributed by atoms with E-state index < -0.39 is 0 Å². The van der Waals surface area contributed by atoms with Gasteiger partial charge in [0.25, 0.3) is 0 Å². The molecular formula is C14H11NO2S. The molecule has 0 aromatic heterocycles. The van der Waals surface area contributed by atoms with Crippen LogP contribution in [0.3, 0.4) is 0 Å². The lowest BCUT2D eigenvalue weighted by Gasteiger charge is -2.07.